The Bertz CT molecular complexity index is 1520. The van der Waals surface area contributed by atoms with Gasteiger partial charge in [-0.25, -0.2) is 13.3 Å². The summed E-state index contributed by atoms with van der Waals surface area (Å²) in [5, 5.41) is 2.58. The molecule has 0 bridgehead atoms. The van der Waals surface area contributed by atoms with Crippen molar-refractivity contribution in [2.75, 3.05) is 10.2 Å². The van der Waals surface area contributed by atoms with Crippen molar-refractivity contribution in [2.24, 2.45) is 0 Å². The van der Waals surface area contributed by atoms with Gasteiger partial charge in [0, 0.05) is 26.1 Å². The third-order valence-corrected chi connectivity index (χ3v) is 7.94. The second-order valence-corrected chi connectivity index (χ2v) is 11.0. The van der Waals surface area contributed by atoms with Crippen molar-refractivity contribution in [3.05, 3.63) is 83.9 Å². The van der Waals surface area contributed by atoms with Crippen LogP contribution in [-0.2, 0) is 35.7 Å². The molecule has 1 unspecified atom stereocenters. The first-order valence-corrected chi connectivity index (χ1v) is 13.5. The van der Waals surface area contributed by atoms with Crippen molar-refractivity contribution in [3.63, 3.8) is 0 Å². The van der Waals surface area contributed by atoms with Gasteiger partial charge in [0.25, 0.3) is 5.91 Å². The molecule has 1 saturated heterocycles. The van der Waals surface area contributed by atoms with Gasteiger partial charge in [-0.3, -0.25) is 19.2 Å². The van der Waals surface area contributed by atoms with Gasteiger partial charge in [0.2, 0.25) is 21.8 Å². The fraction of sp³-hybridized carbons (Fsp3) is 0.214. The average molecular weight is 550 g/mol. The van der Waals surface area contributed by atoms with E-state index in [-0.39, 0.29) is 35.2 Å². The van der Waals surface area contributed by atoms with Crippen molar-refractivity contribution < 1.29 is 32.3 Å². The maximum absolute atomic E-state index is 13.9. The van der Waals surface area contributed by atoms with Crippen LogP contribution < -0.4 is 15.0 Å². The molecule has 1 atom stereocenters. The minimum atomic E-state index is -4.26. The zero-order valence-electron chi connectivity index (χ0n) is 21.6. The van der Waals surface area contributed by atoms with Gasteiger partial charge in [-0.05, 0) is 61.0 Å². The lowest BCUT2D eigenvalue weighted by molar-refractivity contribution is -0.132. The predicted molar refractivity (Wildman–Crippen MR) is 143 cm³/mol. The zero-order chi connectivity index (χ0) is 28.3. The molecule has 1 N–H and O–H groups in total. The summed E-state index contributed by atoms with van der Waals surface area (Å²) >= 11 is 0. The zero-order valence-corrected chi connectivity index (χ0v) is 22.4. The molecular formula is C28H27N3O7S. The molecule has 4 rings (SSSR count). The monoisotopic (exact) mass is 549 g/mol. The van der Waals surface area contributed by atoms with Gasteiger partial charge in [0.1, 0.15) is 11.8 Å². The Labute approximate surface area is 226 Å². The lowest BCUT2D eigenvalue weighted by Gasteiger charge is -2.27. The summed E-state index contributed by atoms with van der Waals surface area (Å²) in [5.74, 6) is -1.82. The summed E-state index contributed by atoms with van der Waals surface area (Å²) < 4.78 is 33.8. The molecule has 202 valence electrons. The van der Waals surface area contributed by atoms with E-state index in [2.05, 4.69) is 5.32 Å². The highest BCUT2D eigenvalue weighted by atomic mass is 32.2. The molecule has 39 heavy (non-hydrogen) atoms. The van der Waals surface area contributed by atoms with Gasteiger partial charge in [0.15, 0.2) is 0 Å². The molecule has 1 aliphatic rings. The van der Waals surface area contributed by atoms with Gasteiger partial charge in [-0.15, -0.1) is 0 Å². The number of imide groups is 1. The van der Waals surface area contributed by atoms with Gasteiger partial charge in [0.05, 0.1) is 17.0 Å². The first-order valence-electron chi connectivity index (χ1n) is 12.1. The van der Waals surface area contributed by atoms with E-state index in [0.29, 0.717) is 11.3 Å². The van der Waals surface area contributed by atoms with E-state index >= 15 is 0 Å². The molecule has 0 aliphatic carbocycles. The molecule has 1 aliphatic heterocycles. The van der Waals surface area contributed by atoms with Gasteiger partial charge >= 0.3 is 5.97 Å². The minimum absolute atomic E-state index is 0.0897. The van der Waals surface area contributed by atoms with Crippen molar-refractivity contribution in [2.45, 2.75) is 44.7 Å². The summed E-state index contributed by atoms with van der Waals surface area (Å²) in [6.45, 7) is 4.35. The number of esters is 1. The minimum Gasteiger partial charge on any atom is -0.427 e. The van der Waals surface area contributed by atoms with Crippen LogP contribution in [0.3, 0.4) is 0 Å². The SMILES string of the molecule is CC(=O)Nc1ccc(S(=O)(=O)N(Cc2ccc(C)cc2)C2CC(=O)N(c3ccc(OC(C)=O)cc3)C2=O)cc1. The maximum atomic E-state index is 13.9. The number of hydrogen-bond donors (Lipinski definition) is 1. The molecule has 3 aromatic rings. The molecule has 3 aromatic carbocycles. The van der Waals surface area contributed by atoms with E-state index in [0.717, 1.165) is 14.8 Å². The number of hydrogen-bond acceptors (Lipinski definition) is 7. The van der Waals surface area contributed by atoms with Crippen LogP contribution in [0.2, 0.25) is 0 Å². The second kappa shape index (κ2) is 11.2. The standard InChI is InChI=1S/C28H27N3O7S/c1-18-4-6-21(7-5-18)17-30(39(36,37)25-14-8-22(9-15-25)29-19(2)32)26-16-27(34)31(28(26)35)23-10-12-24(13-11-23)38-20(3)33/h4-15,26H,16-17H2,1-3H3,(H,29,32). The molecule has 0 spiro atoms. The highest BCUT2D eigenvalue weighted by Crippen LogP contribution is 2.32. The van der Waals surface area contributed by atoms with Crippen LogP contribution in [0.1, 0.15) is 31.4 Å². The quantitative estimate of drug-likeness (QED) is 0.259. The molecule has 3 amide bonds. The largest absolute Gasteiger partial charge is 0.427 e. The highest BCUT2D eigenvalue weighted by Gasteiger charge is 2.47. The van der Waals surface area contributed by atoms with E-state index in [1.54, 1.807) is 12.1 Å². The highest BCUT2D eigenvalue weighted by molar-refractivity contribution is 7.89. The fourth-order valence-corrected chi connectivity index (χ4v) is 5.80. The number of aryl methyl sites for hydroxylation is 1. The van der Waals surface area contributed by atoms with E-state index in [9.17, 15) is 27.6 Å². The number of rotatable bonds is 8. The molecule has 1 fully saturated rings. The number of anilines is 2. The van der Waals surface area contributed by atoms with E-state index in [1.807, 2.05) is 19.1 Å². The molecule has 0 radical (unpaired) electrons. The number of nitrogens with zero attached hydrogens (tertiary/aromatic N) is 2. The Hall–Kier alpha value is -4.35. The molecular weight excluding hydrogens is 522 g/mol. The van der Waals surface area contributed by atoms with Crippen LogP contribution in [0, 0.1) is 6.92 Å². The molecule has 1 heterocycles. The molecule has 11 heteroatoms. The Morgan fingerprint density at radius 2 is 1.56 bits per heavy atom. The summed E-state index contributed by atoms with van der Waals surface area (Å²) in [6, 6.07) is 17.3. The van der Waals surface area contributed by atoms with Crippen LogP contribution in [0.5, 0.6) is 5.75 Å². The van der Waals surface area contributed by atoms with Crippen molar-refractivity contribution in [3.8, 4) is 5.75 Å². The van der Waals surface area contributed by atoms with Crippen LogP contribution >= 0.6 is 0 Å². The predicted octanol–water partition coefficient (Wildman–Crippen LogP) is 3.40. The number of nitrogens with one attached hydrogen (secondary N) is 1. The lowest BCUT2D eigenvalue weighted by atomic mass is 10.1. The van der Waals surface area contributed by atoms with Gasteiger partial charge < -0.3 is 10.1 Å². The van der Waals surface area contributed by atoms with E-state index in [1.165, 1.54) is 62.4 Å². The summed E-state index contributed by atoms with van der Waals surface area (Å²) in [5.41, 5.74) is 2.28. The second-order valence-electron chi connectivity index (χ2n) is 9.12. The third-order valence-electron chi connectivity index (χ3n) is 6.07. The molecule has 0 saturated carbocycles. The molecule has 10 nitrogen and oxygen atoms in total. The van der Waals surface area contributed by atoms with Crippen LogP contribution in [0.25, 0.3) is 0 Å². The number of benzene rings is 3. The van der Waals surface area contributed by atoms with E-state index < -0.39 is 33.8 Å². The van der Waals surface area contributed by atoms with Gasteiger partial charge in [-0.1, -0.05) is 29.8 Å². The average Bonchev–Trinajstić information content (AvgIpc) is 3.17. The summed E-state index contributed by atoms with van der Waals surface area (Å²) in [4.78, 5) is 50.0. The Morgan fingerprint density at radius 3 is 2.13 bits per heavy atom. The van der Waals surface area contributed by atoms with Crippen LogP contribution in [0.15, 0.2) is 77.7 Å². The number of carbonyl (C=O) groups is 4. The number of carbonyl (C=O) groups excluding carboxylic acids is 4. The topological polar surface area (TPSA) is 130 Å². The Morgan fingerprint density at radius 1 is 0.949 bits per heavy atom. The normalized spacial score (nSPS) is 15.5. The number of sulfonamides is 1. The first kappa shape index (κ1) is 27.7. The Kier molecular flexibility index (Phi) is 7.93. The lowest BCUT2D eigenvalue weighted by Crippen LogP contribution is -2.45. The molecule has 0 aromatic heterocycles. The van der Waals surface area contributed by atoms with Crippen LogP contribution in [0.4, 0.5) is 11.4 Å². The smallest absolute Gasteiger partial charge is 0.308 e. The Balaban J connectivity index is 1.69. The third kappa shape index (κ3) is 6.21. The summed E-state index contributed by atoms with van der Waals surface area (Å²) in [6.07, 6.45) is -0.348. The van der Waals surface area contributed by atoms with Gasteiger partial charge in [-0.2, -0.15) is 4.31 Å². The summed E-state index contributed by atoms with van der Waals surface area (Å²) in [7, 11) is -4.26. The fourth-order valence-electron chi connectivity index (χ4n) is 4.23. The first-order chi connectivity index (χ1) is 18.5. The van der Waals surface area contributed by atoms with Crippen LogP contribution in [-0.4, -0.2) is 42.5 Å². The van der Waals surface area contributed by atoms with Crippen molar-refractivity contribution in [1.82, 2.24) is 4.31 Å². The maximum Gasteiger partial charge on any atom is 0.308 e. The van der Waals surface area contributed by atoms with E-state index in [4.69, 9.17) is 4.74 Å². The number of ether oxygens (including phenoxy) is 1. The van der Waals surface area contributed by atoms with Crippen molar-refractivity contribution in [1.29, 1.82) is 0 Å². The number of amides is 3. The van der Waals surface area contributed by atoms with Crippen molar-refractivity contribution >= 4 is 45.1 Å².